The van der Waals surface area contributed by atoms with Crippen LogP contribution in [0.25, 0.3) is 4.96 Å². The zero-order valence-electron chi connectivity index (χ0n) is 9.41. The molecular weight excluding hydrogens is 248 g/mol. The molecule has 1 amide bonds. The Kier molecular flexibility index (Phi) is 2.77. The molecule has 0 aliphatic rings. The molecule has 0 radical (unpaired) electrons. The Labute approximate surface area is 107 Å². The molecule has 0 saturated carbocycles. The normalized spacial score (nSPS) is 10.7. The molecule has 1 N–H and O–H groups in total. The summed E-state index contributed by atoms with van der Waals surface area (Å²) in [6.45, 7) is 0.493. The van der Waals surface area contributed by atoms with Crippen molar-refractivity contribution >= 4 is 22.2 Å². The standard InChI is InChI=1S/C12H10N4OS/c17-11(15-7-9-1-3-13-4-2-9)10-8-18-12-14-5-6-16(10)12/h1-6,8H,7H2,(H,15,17). The Bertz CT molecular complexity index is 674. The van der Waals surface area contributed by atoms with Crippen LogP contribution in [0.5, 0.6) is 0 Å². The highest BCUT2D eigenvalue weighted by molar-refractivity contribution is 7.15. The van der Waals surface area contributed by atoms with E-state index in [4.69, 9.17) is 0 Å². The minimum atomic E-state index is -0.101. The van der Waals surface area contributed by atoms with Gasteiger partial charge in [0, 0.05) is 36.7 Å². The third-order valence-corrected chi connectivity index (χ3v) is 3.43. The summed E-state index contributed by atoms with van der Waals surface area (Å²) in [5.74, 6) is -0.101. The van der Waals surface area contributed by atoms with Crippen LogP contribution >= 0.6 is 11.3 Å². The van der Waals surface area contributed by atoms with Crippen LogP contribution in [0.15, 0.2) is 42.3 Å². The van der Waals surface area contributed by atoms with Crippen LogP contribution in [-0.4, -0.2) is 20.3 Å². The summed E-state index contributed by atoms with van der Waals surface area (Å²) in [5, 5.41) is 4.68. The number of fused-ring (bicyclic) bond motifs is 1. The Balaban J connectivity index is 1.74. The molecule has 5 nitrogen and oxygen atoms in total. The minimum Gasteiger partial charge on any atom is -0.347 e. The summed E-state index contributed by atoms with van der Waals surface area (Å²) in [7, 11) is 0. The Hall–Kier alpha value is -2.21. The fraction of sp³-hybridized carbons (Fsp3) is 0.0833. The number of rotatable bonds is 3. The van der Waals surface area contributed by atoms with Crippen molar-refractivity contribution in [2.24, 2.45) is 0 Å². The van der Waals surface area contributed by atoms with E-state index in [1.54, 1.807) is 29.2 Å². The third-order valence-electron chi connectivity index (χ3n) is 2.58. The van der Waals surface area contributed by atoms with Gasteiger partial charge in [0.05, 0.1) is 0 Å². The zero-order valence-corrected chi connectivity index (χ0v) is 10.2. The first-order valence-electron chi connectivity index (χ1n) is 5.42. The first kappa shape index (κ1) is 10.9. The van der Waals surface area contributed by atoms with Crippen LogP contribution in [0.2, 0.25) is 0 Å². The number of carbonyl (C=O) groups excluding carboxylic acids is 1. The molecule has 0 saturated heterocycles. The molecule has 18 heavy (non-hydrogen) atoms. The van der Waals surface area contributed by atoms with Gasteiger partial charge in [0.25, 0.3) is 5.91 Å². The second-order valence-electron chi connectivity index (χ2n) is 3.74. The van der Waals surface area contributed by atoms with Crippen molar-refractivity contribution in [2.75, 3.05) is 0 Å². The van der Waals surface area contributed by atoms with Gasteiger partial charge in [0.15, 0.2) is 4.96 Å². The van der Waals surface area contributed by atoms with Gasteiger partial charge in [-0.2, -0.15) is 0 Å². The van der Waals surface area contributed by atoms with Crippen molar-refractivity contribution in [2.45, 2.75) is 6.54 Å². The number of pyridine rings is 1. The van der Waals surface area contributed by atoms with Gasteiger partial charge < -0.3 is 5.32 Å². The van der Waals surface area contributed by atoms with Gasteiger partial charge in [-0.25, -0.2) is 4.98 Å². The van der Waals surface area contributed by atoms with Crippen molar-refractivity contribution in [3.05, 3.63) is 53.6 Å². The topological polar surface area (TPSA) is 59.3 Å². The minimum absolute atomic E-state index is 0.101. The number of imidazole rings is 1. The lowest BCUT2D eigenvalue weighted by molar-refractivity contribution is 0.0945. The van der Waals surface area contributed by atoms with Gasteiger partial charge >= 0.3 is 0 Å². The lowest BCUT2D eigenvalue weighted by Gasteiger charge is -2.03. The molecule has 3 aromatic rings. The van der Waals surface area contributed by atoms with Gasteiger partial charge in [0.2, 0.25) is 0 Å². The van der Waals surface area contributed by atoms with E-state index in [1.165, 1.54) is 11.3 Å². The van der Waals surface area contributed by atoms with Gasteiger partial charge in [-0.1, -0.05) is 0 Å². The first-order valence-corrected chi connectivity index (χ1v) is 6.30. The number of nitrogens with zero attached hydrogens (tertiary/aromatic N) is 3. The van der Waals surface area contributed by atoms with E-state index < -0.39 is 0 Å². The highest BCUT2D eigenvalue weighted by atomic mass is 32.1. The van der Waals surface area contributed by atoms with Crippen LogP contribution in [-0.2, 0) is 6.54 Å². The van der Waals surface area contributed by atoms with Gasteiger partial charge in [0.1, 0.15) is 5.69 Å². The van der Waals surface area contributed by atoms with Crippen LogP contribution in [0.4, 0.5) is 0 Å². The van der Waals surface area contributed by atoms with E-state index in [0.717, 1.165) is 10.5 Å². The zero-order chi connectivity index (χ0) is 12.4. The molecule has 0 spiro atoms. The van der Waals surface area contributed by atoms with Gasteiger partial charge in [-0.15, -0.1) is 11.3 Å². The number of thiazole rings is 1. The summed E-state index contributed by atoms with van der Waals surface area (Å²) < 4.78 is 1.78. The van der Waals surface area contributed by atoms with Crippen molar-refractivity contribution in [1.29, 1.82) is 0 Å². The lowest BCUT2D eigenvalue weighted by atomic mass is 10.2. The van der Waals surface area contributed by atoms with Crippen molar-refractivity contribution in [1.82, 2.24) is 19.7 Å². The predicted octanol–water partition coefficient (Wildman–Crippen LogP) is 1.72. The fourth-order valence-corrected chi connectivity index (χ4v) is 2.49. The summed E-state index contributed by atoms with van der Waals surface area (Å²) in [6.07, 6.45) is 6.89. The average molecular weight is 258 g/mol. The molecular formula is C12H10N4OS. The second kappa shape index (κ2) is 4.58. The molecule has 90 valence electrons. The average Bonchev–Trinajstić information content (AvgIpc) is 2.99. The number of carbonyl (C=O) groups is 1. The highest BCUT2D eigenvalue weighted by Gasteiger charge is 2.11. The van der Waals surface area contributed by atoms with E-state index in [0.29, 0.717) is 12.2 Å². The molecule has 3 aromatic heterocycles. The van der Waals surface area contributed by atoms with E-state index in [9.17, 15) is 4.79 Å². The monoisotopic (exact) mass is 258 g/mol. The van der Waals surface area contributed by atoms with Crippen molar-refractivity contribution in [3.63, 3.8) is 0 Å². The van der Waals surface area contributed by atoms with E-state index in [1.807, 2.05) is 17.5 Å². The maximum absolute atomic E-state index is 12.0. The van der Waals surface area contributed by atoms with Crippen molar-refractivity contribution in [3.8, 4) is 0 Å². The number of hydrogen-bond acceptors (Lipinski definition) is 4. The Morgan fingerprint density at radius 2 is 2.17 bits per heavy atom. The summed E-state index contributed by atoms with van der Waals surface area (Å²) in [6, 6.07) is 3.75. The summed E-state index contributed by atoms with van der Waals surface area (Å²) in [4.78, 5) is 20.9. The molecule has 3 rings (SSSR count). The van der Waals surface area contributed by atoms with Crippen LogP contribution in [0.3, 0.4) is 0 Å². The molecule has 0 atom stereocenters. The highest BCUT2D eigenvalue weighted by Crippen LogP contribution is 2.14. The lowest BCUT2D eigenvalue weighted by Crippen LogP contribution is -2.23. The van der Waals surface area contributed by atoms with E-state index in [-0.39, 0.29) is 5.91 Å². The largest absolute Gasteiger partial charge is 0.347 e. The van der Waals surface area contributed by atoms with E-state index >= 15 is 0 Å². The Morgan fingerprint density at radius 1 is 1.33 bits per heavy atom. The number of amides is 1. The van der Waals surface area contributed by atoms with Crippen LogP contribution in [0.1, 0.15) is 16.1 Å². The number of aromatic nitrogens is 3. The maximum atomic E-state index is 12.0. The second-order valence-corrected chi connectivity index (χ2v) is 4.58. The molecule has 6 heteroatoms. The molecule has 0 aromatic carbocycles. The molecule has 0 bridgehead atoms. The van der Waals surface area contributed by atoms with Crippen LogP contribution in [0, 0.1) is 0 Å². The third kappa shape index (κ3) is 1.98. The fourth-order valence-electron chi connectivity index (χ4n) is 1.66. The van der Waals surface area contributed by atoms with Crippen molar-refractivity contribution < 1.29 is 4.79 Å². The quantitative estimate of drug-likeness (QED) is 0.778. The van der Waals surface area contributed by atoms with Gasteiger partial charge in [-0.3, -0.25) is 14.2 Å². The molecule has 0 fully saturated rings. The smallest absolute Gasteiger partial charge is 0.269 e. The summed E-state index contributed by atoms with van der Waals surface area (Å²) in [5.41, 5.74) is 1.64. The molecule has 3 heterocycles. The number of hydrogen-bond donors (Lipinski definition) is 1. The SMILES string of the molecule is O=C(NCc1ccncc1)c1csc2nccn12. The first-order chi connectivity index (χ1) is 8.84. The Morgan fingerprint density at radius 3 is 3.00 bits per heavy atom. The molecule has 0 aliphatic heterocycles. The maximum Gasteiger partial charge on any atom is 0.269 e. The summed E-state index contributed by atoms with van der Waals surface area (Å²) >= 11 is 1.45. The van der Waals surface area contributed by atoms with E-state index in [2.05, 4.69) is 15.3 Å². The van der Waals surface area contributed by atoms with Crippen LogP contribution < -0.4 is 5.32 Å². The molecule has 0 unspecified atom stereocenters. The number of nitrogens with one attached hydrogen (secondary N) is 1. The van der Waals surface area contributed by atoms with Gasteiger partial charge in [-0.05, 0) is 17.7 Å². The molecule has 0 aliphatic carbocycles. The predicted molar refractivity (Wildman–Crippen MR) is 68.5 cm³/mol.